The van der Waals surface area contributed by atoms with Crippen molar-refractivity contribution in [3.8, 4) is 0 Å². The van der Waals surface area contributed by atoms with Crippen LogP contribution in [0.15, 0.2) is 54.7 Å². The van der Waals surface area contributed by atoms with Gasteiger partial charge >= 0.3 is 0 Å². The molecule has 5 N–H and O–H groups in total. The lowest BCUT2D eigenvalue weighted by atomic mass is 9.93. The average Bonchev–Trinajstić information content (AvgIpc) is 3.02. The molecule has 0 radical (unpaired) electrons. The van der Waals surface area contributed by atoms with Crippen molar-refractivity contribution in [2.45, 2.75) is 25.3 Å². The van der Waals surface area contributed by atoms with E-state index in [9.17, 15) is 9.59 Å². The molecule has 1 aromatic heterocycles. The number of aryl methyl sites for hydroxylation is 1. The monoisotopic (exact) mass is 335 g/mol. The summed E-state index contributed by atoms with van der Waals surface area (Å²) in [4.78, 5) is 27.1. The molecule has 1 atom stereocenters. The number of rotatable bonds is 7. The number of hydrogen-bond acceptors (Lipinski definition) is 3. The number of aromatic nitrogens is 1. The highest BCUT2D eigenvalue weighted by Crippen LogP contribution is 2.20. The van der Waals surface area contributed by atoms with Crippen LogP contribution in [0.3, 0.4) is 0 Å². The Morgan fingerprint density at radius 3 is 2.52 bits per heavy atom. The Balaban J connectivity index is 1.80. The number of carbonyl (C=O) groups is 2. The summed E-state index contributed by atoms with van der Waals surface area (Å²) >= 11 is 0. The van der Waals surface area contributed by atoms with Gasteiger partial charge in [0.25, 0.3) is 0 Å². The molecule has 5 heteroatoms. The van der Waals surface area contributed by atoms with E-state index >= 15 is 0 Å². The topological polar surface area (TPSA) is 102 Å². The molecule has 0 fully saturated rings. The van der Waals surface area contributed by atoms with Gasteiger partial charge in [-0.25, -0.2) is 0 Å². The molecule has 0 aliphatic rings. The van der Waals surface area contributed by atoms with E-state index < -0.39 is 6.04 Å². The Kier molecular flexibility index (Phi) is 4.95. The quantitative estimate of drug-likeness (QED) is 0.577. The Morgan fingerprint density at radius 2 is 1.72 bits per heavy atom. The molecule has 0 aliphatic heterocycles. The van der Waals surface area contributed by atoms with E-state index in [1.807, 2.05) is 42.6 Å². The number of aromatic amines is 1. The van der Waals surface area contributed by atoms with Gasteiger partial charge in [0.2, 0.25) is 5.91 Å². The third kappa shape index (κ3) is 3.78. The molecule has 0 saturated heterocycles. The number of amides is 1. The minimum Gasteiger partial charge on any atom is -0.370 e. The summed E-state index contributed by atoms with van der Waals surface area (Å²) in [6.45, 7) is 0. The summed E-state index contributed by atoms with van der Waals surface area (Å²) in [6.07, 6.45) is 3.00. The van der Waals surface area contributed by atoms with E-state index in [2.05, 4.69) is 4.98 Å². The zero-order valence-corrected chi connectivity index (χ0v) is 13.9. The summed E-state index contributed by atoms with van der Waals surface area (Å²) in [6, 6.07) is 14.5. The highest BCUT2D eigenvalue weighted by Gasteiger charge is 2.20. The van der Waals surface area contributed by atoms with Crippen molar-refractivity contribution in [2.24, 2.45) is 11.5 Å². The van der Waals surface area contributed by atoms with Crippen molar-refractivity contribution >= 4 is 22.6 Å². The fourth-order valence-electron chi connectivity index (χ4n) is 3.07. The van der Waals surface area contributed by atoms with Crippen LogP contribution >= 0.6 is 0 Å². The number of Topliss-reactive ketones (excluding diaryl/α,β-unsaturated/α-hetero) is 1. The summed E-state index contributed by atoms with van der Waals surface area (Å²) in [5.74, 6) is -0.504. The summed E-state index contributed by atoms with van der Waals surface area (Å²) < 4.78 is 0. The lowest BCUT2D eigenvalue weighted by Gasteiger charge is -2.13. The van der Waals surface area contributed by atoms with Gasteiger partial charge in [0.1, 0.15) is 0 Å². The second-order valence-electron chi connectivity index (χ2n) is 6.16. The van der Waals surface area contributed by atoms with Crippen LogP contribution < -0.4 is 11.5 Å². The van der Waals surface area contributed by atoms with E-state index in [0.717, 1.165) is 22.0 Å². The van der Waals surface area contributed by atoms with Crippen molar-refractivity contribution in [1.29, 1.82) is 0 Å². The fourth-order valence-corrected chi connectivity index (χ4v) is 3.07. The van der Waals surface area contributed by atoms with E-state index in [-0.39, 0.29) is 18.1 Å². The Bertz CT molecular complexity index is 914. The molecule has 0 saturated carbocycles. The molecule has 2 aromatic carbocycles. The molecule has 128 valence electrons. The first-order valence-corrected chi connectivity index (χ1v) is 8.27. The van der Waals surface area contributed by atoms with Crippen LogP contribution in [0.4, 0.5) is 0 Å². The first-order valence-electron chi connectivity index (χ1n) is 8.27. The minimum absolute atomic E-state index is 0.120. The van der Waals surface area contributed by atoms with Gasteiger partial charge < -0.3 is 16.5 Å². The van der Waals surface area contributed by atoms with Gasteiger partial charge in [-0.1, -0.05) is 42.5 Å². The van der Waals surface area contributed by atoms with Crippen molar-refractivity contribution in [2.75, 3.05) is 0 Å². The summed E-state index contributed by atoms with van der Waals surface area (Å²) in [5, 5.41) is 1.08. The third-order valence-electron chi connectivity index (χ3n) is 4.38. The predicted octanol–water partition coefficient (Wildman–Crippen LogP) is 2.34. The minimum atomic E-state index is -0.645. The highest BCUT2D eigenvalue weighted by molar-refractivity contribution is 6.01. The maximum Gasteiger partial charge on any atom is 0.217 e. The second kappa shape index (κ2) is 7.32. The molecule has 5 nitrogen and oxygen atoms in total. The van der Waals surface area contributed by atoms with Gasteiger partial charge in [0.05, 0.1) is 6.04 Å². The molecule has 0 spiro atoms. The number of nitrogens with two attached hydrogens (primary N) is 2. The molecule has 0 aliphatic carbocycles. The van der Waals surface area contributed by atoms with Gasteiger partial charge in [0.15, 0.2) is 5.78 Å². The molecule has 1 unspecified atom stereocenters. The average molecular weight is 335 g/mol. The smallest absolute Gasteiger partial charge is 0.217 e. The van der Waals surface area contributed by atoms with Crippen molar-refractivity contribution in [3.05, 3.63) is 71.4 Å². The van der Waals surface area contributed by atoms with E-state index in [4.69, 9.17) is 11.5 Å². The van der Waals surface area contributed by atoms with Crippen LogP contribution in [-0.2, 0) is 17.6 Å². The molecule has 1 amide bonds. The molecule has 3 aromatic rings. The largest absolute Gasteiger partial charge is 0.370 e. The molecular formula is C20H21N3O2. The number of hydrogen-bond donors (Lipinski definition) is 3. The normalized spacial score (nSPS) is 12.2. The van der Waals surface area contributed by atoms with E-state index in [1.165, 1.54) is 0 Å². The van der Waals surface area contributed by atoms with Gasteiger partial charge in [-0.15, -0.1) is 0 Å². The van der Waals surface area contributed by atoms with Crippen molar-refractivity contribution in [1.82, 2.24) is 4.98 Å². The molecule has 25 heavy (non-hydrogen) atoms. The zero-order valence-electron chi connectivity index (χ0n) is 13.9. The van der Waals surface area contributed by atoms with Gasteiger partial charge in [-0.3, -0.25) is 9.59 Å². The van der Waals surface area contributed by atoms with Gasteiger partial charge in [0, 0.05) is 29.1 Å². The Labute approximate surface area is 146 Å². The number of nitrogens with one attached hydrogen (secondary N) is 1. The van der Waals surface area contributed by atoms with E-state index in [0.29, 0.717) is 18.4 Å². The van der Waals surface area contributed by atoms with Crippen LogP contribution in [0.25, 0.3) is 10.9 Å². The number of fused-ring (bicyclic) bond motifs is 1. The van der Waals surface area contributed by atoms with Crippen molar-refractivity contribution in [3.63, 3.8) is 0 Å². The van der Waals surface area contributed by atoms with Gasteiger partial charge in [-0.2, -0.15) is 0 Å². The number of ketones is 1. The lowest BCUT2D eigenvalue weighted by molar-refractivity contribution is -0.117. The number of primary amides is 1. The number of para-hydroxylation sites is 1. The van der Waals surface area contributed by atoms with Crippen molar-refractivity contribution < 1.29 is 9.59 Å². The first kappa shape index (κ1) is 16.9. The maximum absolute atomic E-state index is 12.8. The van der Waals surface area contributed by atoms with E-state index in [1.54, 1.807) is 12.1 Å². The fraction of sp³-hybridized carbons (Fsp3) is 0.200. The standard InChI is InChI=1S/C20H21N3O2/c21-17(11-14-12-23-18-8-4-3-6-15(14)18)20(25)16-7-2-1-5-13(16)9-10-19(22)24/h1-8,12,17,23H,9-11,21H2,(H2,22,24). The summed E-state index contributed by atoms with van der Waals surface area (Å²) in [7, 11) is 0. The maximum atomic E-state index is 12.8. The van der Waals surface area contributed by atoms with Crippen LogP contribution in [0.1, 0.15) is 27.9 Å². The lowest BCUT2D eigenvalue weighted by Crippen LogP contribution is -2.33. The molecule has 0 bridgehead atoms. The zero-order chi connectivity index (χ0) is 17.8. The van der Waals surface area contributed by atoms with Crippen LogP contribution in [0.2, 0.25) is 0 Å². The highest BCUT2D eigenvalue weighted by atomic mass is 16.1. The van der Waals surface area contributed by atoms with Crippen LogP contribution in [-0.4, -0.2) is 22.7 Å². The third-order valence-corrected chi connectivity index (χ3v) is 4.38. The molecular weight excluding hydrogens is 314 g/mol. The number of H-pyrrole nitrogens is 1. The van der Waals surface area contributed by atoms with Crippen LogP contribution in [0.5, 0.6) is 0 Å². The Hall–Kier alpha value is -2.92. The number of carbonyl (C=O) groups excluding carboxylic acids is 2. The molecule has 3 rings (SSSR count). The second-order valence-corrected chi connectivity index (χ2v) is 6.16. The summed E-state index contributed by atoms with van der Waals surface area (Å²) in [5.41, 5.74) is 14.8. The molecule has 1 heterocycles. The SMILES string of the molecule is NC(=O)CCc1ccccc1C(=O)C(N)Cc1c[nH]c2ccccc12. The van der Waals surface area contributed by atoms with Crippen LogP contribution in [0, 0.1) is 0 Å². The van der Waals surface area contributed by atoms with Gasteiger partial charge in [-0.05, 0) is 30.0 Å². The number of benzene rings is 2. The Morgan fingerprint density at radius 1 is 1.00 bits per heavy atom. The first-order chi connectivity index (χ1) is 12.1. The predicted molar refractivity (Wildman–Crippen MR) is 98.3 cm³/mol.